The van der Waals surface area contributed by atoms with Gasteiger partial charge in [-0.15, -0.1) is 0 Å². The first-order chi connectivity index (χ1) is 8.35. The van der Waals surface area contributed by atoms with E-state index in [-0.39, 0.29) is 0 Å². The van der Waals surface area contributed by atoms with E-state index in [1.807, 2.05) is 13.0 Å². The highest BCUT2D eigenvalue weighted by Crippen LogP contribution is 2.34. The molecule has 0 atom stereocenters. The molecule has 0 radical (unpaired) electrons. The molecule has 0 spiro atoms. The lowest BCUT2D eigenvalue weighted by atomic mass is 9.87. The number of methoxy groups -OCH3 is 1. The monoisotopic (exact) mass is 235 g/mol. The van der Waals surface area contributed by atoms with Gasteiger partial charge in [-0.05, 0) is 31.9 Å². The second kappa shape index (κ2) is 5.89. The Bertz CT molecular complexity index is 359. The van der Waals surface area contributed by atoms with E-state index in [0.717, 1.165) is 11.4 Å². The van der Waals surface area contributed by atoms with E-state index in [9.17, 15) is 0 Å². The predicted octanol–water partition coefficient (Wildman–Crippen LogP) is 3.54. The summed E-state index contributed by atoms with van der Waals surface area (Å²) in [6.07, 6.45) is 6.52. The van der Waals surface area contributed by atoms with E-state index < -0.39 is 0 Å². The van der Waals surface area contributed by atoms with Crippen LogP contribution in [0, 0.1) is 0 Å². The molecule has 0 aliphatic heterocycles. The van der Waals surface area contributed by atoms with Crippen molar-refractivity contribution in [2.75, 3.05) is 13.7 Å². The first-order valence-corrected chi connectivity index (χ1v) is 6.53. The summed E-state index contributed by atoms with van der Waals surface area (Å²) in [5.74, 6) is 1.97. The molecule has 1 aliphatic rings. The number of pyridine rings is 1. The van der Waals surface area contributed by atoms with E-state index >= 15 is 0 Å². The normalized spacial score (nSPS) is 16.8. The summed E-state index contributed by atoms with van der Waals surface area (Å²) in [4.78, 5) is 4.61. The molecule has 0 saturated heterocycles. The molecular formula is C14H21NO2. The Hall–Kier alpha value is -1.25. The maximum Gasteiger partial charge on any atom is 0.257 e. The lowest BCUT2D eigenvalue weighted by molar-refractivity contribution is 0.295. The topological polar surface area (TPSA) is 31.4 Å². The highest BCUT2D eigenvalue weighted by molar-refractivity contribution is 5.35. The van der Waals surface area contributed by atoms with Crippen molar-refractivity contribution in [3.63, 3.8) is 0 Å². The molecule has 1 aromatic rings. The molecule has 17 heavy (non-hydrogen) atoms. The van der Waals surface area contributed by atoms with Crippen LogP contribution in [0.25, 0.3) is 0 Å². The summed E-state index contributed by atoms with van der Waals surface area (Å²) >= 11 is 0. The van der Waals surface area contributed by atoms with Gasteiger partial charge in [-0.1, -0.05) is 19.3 Å². The molecule has 3 nitrogen and oxygen atoms in total. The number of rotatable bonds is 4. The van der Waals surface area contributed by atoms with Gasteiger partial charge in [-0.25, -0.2) is 4.98 Å². The van der Waals surface area contributed by atoms with Crippen LogP contribution in [0.4, 0.5) is 0 Å². The molecule has 1 saturated carbocycles. The van der Waals surface area contributed by atoms with Crippen LogP contribution in [0.1, 0.15) is 50.6 Å². The van der Waals surface area contributed by atoms with Gasteiger partial charge in [-0.3, -0.25) is 0 Å². The number of aromatic nitrogens is 1. The molecule has 3 heteroatoms. The third-order valence-corrected chi connectivity index (χ3v) is 3.37. The third kappa shape index (κ3) is 2.90. The SMILES string of the molecule is CCOc1nc(C2CCCCC2)ccc1OC. The Balaban J connectivity index is 2.19. The molecular weight excluding hydrogens is 214 g/mol. The fraction of sp³-hybridized carbons (Fsp3) is 0.643. The van der Waals surface area contributed by atoms with Crippen LogP contribution in [0.15, 0.2) is 12.1 Å². The Labute approximate surface area is 103 Å². The van der Waals surface area contributed by atoms with Crippen LogP contribution >= 0.6 is 0 Å². The summed E-state index contributed by atoms with van der Waals surface area (Å²) in [6.45, 7) is 2.59. The summed E-state index contributed by atoms with van der Waals surface area (Å²) in [5.41, 5.74) is 1.16. The molecule has 1 aliphatic carbocycles. The summed E-state index contributed by atoms with van der Waals surface area (Å²) < 4.78 is 10.8. The average molecular weight is 235 g/mol. The van der Waals surface area contributed by atoms with Crippen molar-refractivity contribution < 1.29 is 9.47 Å². The molecule has 0 N–H and O–H groups in total. The van der Waals surface area contributed by atoms with Gasteiger partial charge in [0.25, 0.3) is 5.88 Å². The van der Waals surface area contributed by atoms with Gasteiger partial charge in [0.15, 0.2) is 5.75 Å². The average Bonchev–Trinajstić information content (AvgIpc) is 2.40. The number of hydrogen-bond donors (Lipinski definition) is 0. The molecule has 0 bridgehead atoms. The number of nitrogens with zero attached hydrogens (tertiary/aromatic N) is 1. The molecule has 1 heterocycles. The van der Waals surface area contributed by atoms with Gasteiger partial charge in [0.1, 0.15) is 0 Å². The zero-order chi connectivity index (χ0) is 12.1. The highest BCUT2D eigenvalue weighted by atomic mass is 16.5. The summed E-state index contributed by atoms with van der Waals surface area (Å²) in [6, 6.07) is 4.05. The minimum absolute atomic E-state index is 0.605. The van der Waals surface area contributed by atoms with Crippen molar-refractivity contribution in [2.24, 2.45) is 0 Å². The van der Waals surface area contributed by atoms with Crippen LogP contribution in [0.3, 0.4) is 0 Å². The second-order valence-electron chi connectivity index (χ2n) is 4.51. The quantitative estimate of drug-likeness (QED) is 0.800. The number of hydrogen-bond acceptors (Lipinski definition) is 3. The maximum atomic E-state index is 5.52. The molecule has 1 aromatic heterocycles. The van der Waals surface area contributed by atoms with Crippen molar-refractivity contribution in [1.82, 2.24) is 4.98 Å². The predicted molar refractivity (Wildman–Crippen MR) is 67.8 cm³/mol. The smallest absolute Gasteiger partial charge is 0.257 e. The van der Waals surface area contributed by atoms with E-state index in [1.165, 1.54) is 32.1 Å². The Morgan fingerprint density at radius 2 is 2.00 bits per heavy atom. The fourth-order valence-corrected chi connectivity index (χ4v) is 2.46. The summed E-state index contributed by atoms with van der Waals surface area (Å²) in [5, 5.41) is 0. The van der Waals surface area contributed by atoms with Crippen LogP contribution in [-0.2, 0) is 0 Å². The van der Waals surface area contributed by atoms with E-state index in [1.54, 1.807) is 7.11 Å². The van der Waals surface area contributed by atoms with Gasteiger partial charge in [0, 0.05) is 11.6 Å². The molecule has 0 aromatic carbocycles. The lowest BCUT2D eigenvalue weighted by Gasteiger charge is -2.21. The molecule has 0 amide bonds. The minimum Gasteiger partial charge on any atom is -0.491 e. The molecule has 1 fully saturated rings. The van der Waals surface area contributed by atoms with Crippen molar-refractivity contribution in [3.8, 4) is 11.6 Å². The van der Waals surface area contributed by atoms with Crippen LogP contribution in [0.5, 0.6) is 11.6 Å². The van der Waals surface area contributed by atoms with Gasteiger partial charge >= 0.3 is 0 Å². The van der Waals surface area contributed by atoms with Crippen LogP contribution in [-0.4, -0.2) is 18.7 Å². The zero-order valence-electron chi connectivity index (χ0n) is 10.7. The number of ether oxygens (including phenoxy) is 2. The largest absolute Gasteiger partial charge is 0.491 e. The van der Waals surface area contributed by atoms with E-state index in [0.29, 0.717) is 18.4 Å². The Kier molecular flexibility index (Phi) is 4.24. The van der Waals surface area contributed by atoms with E-state index in [4.69, 9.17) is 9.47 Å². The first-order valence-electron chi connectivity index (χ1n) is 6.53. The highest BCUT2D eigenvalue weighted by Gasteiger charge is 2.18. The fourth-order valence-electron chi connectivity index (χ4n) is 2.46. The Morgan fingerprint density at radius 3 is 2.65 bits per heavy atom. The van der Waals surface area contributed by atoms with Crippen LogP contribution in [0.2, 0.25) is 0 Å². The summed E-state index contributed by atoms with van der Waals surface area (Å²) in [7, 11) is 1.65. The third-order valence-electron chi connectivity index (χ3n) is 3.37. The molecule has 94 valence electrons. The van der Waals surface area contributed by atoms with Crippen molar-refractivity contribution in [3.05, 3.63) is 17.8 Å². The second-order valence-corrected chi connectivity index (χ2v) is 4.51. The van der Waals surface area contributed by atoms with Gasteiger partial charge in [-0.2, -0.15) is 0 Å². The van der Waals surface area contributed by atoms with Gasteiger partial charge in [0.05, 0.1) is 13.7 Å². The van der Waals surface area contributed by atoms with Crippen LogP contribution < -0.4 is 9.47 Å². The maximum absolute atomic E-state index is 5.52. The molecule has 2 rings (SSSR count). The van der Waals surface area contributed by atoms with Crippen molar-refractivity contribution >= 4 is 0 Å². The lowest BCUT2D eigenvalue weighted by Crippen LogP contribution is -2.08. The van der Waals surface area contributed by atoms with Crippen molar-refractivity contribution in [1.29, 1.82) is 0 Å². The zero-order valence-corrected chi connectivity index (χ0v) is 10.7. The molecule has 0 unspecified atom stereocenters. The van der Waals surface area contributed by atoms with Gasteiger partial charge < -0.3 is 9.47 Å². The van der Waals surface area contributed by atoms with Gasteiger partial charge in [0.2, 0.25) is 0 Å². The standard InChI is InChI=1S/C14H21NO2/c1-3-17-14-13(16-2)10-9-12(15-14)11-7-5-4-6-8-11/h9-11H,3-8H2,1-2H3. The Morgan fingerprint density at radius 1 is 1.24 bits per heavy atom. The van der Waals surface area contributed by atoms with E-state index in [2.05, 4.69) is 11.1 Å². The minimum atomic E-state index is 0.605. The first kappa shape index (κ1) is 12.2. The van der Waals surface area contributed by atoms with Crippen molar-refractivity contribution in [2.45, 2.75) is 44.9 Å².